The Morgan fingerprint density at radius 2 is 2.32 bits per heavy atom. The lowest BCUT2D eigenvalue weighted by molar-refractivity contribution is -0.133. The molecule has 1 N–H and O–H groups in total. The van der Waals surface area contributed by atoms with Crippen molar-refractivity contribution in [3.63, 3.8) is 0 Å². The number of thioether (sulfide) groups is 1. The molecule has 1 aliphatic carbocycles. The Balaban J connectivity index is 1.73. The zero-order valence-electron chi connectivity index (χ0n) is 11.0. The molecule has 1 fully saturated rings. The fraction of sp³-hybridized carbons (Fsp3) is 0.750. The molecule has 106 valence electrons. The van der Waals surface area contributed by atoms with Crippen LogP contribution < -0.4 is 0 Å². The molecule has 1 aromatic heterocycles. The van der Waals surface area contributed by atoms with Crippen molar-refractivity contribution < 1.29 is 14.6 Å². The van der Waals surface area contributed by atoms with Crippen LogP contribution in [0.3, 0.4) is 0 Å². The van der Waals surface area contributed by atoms with Crippen LogP contribution in [-0.4, -0.2) is 44.8 Å². The Morgan fingerprint density at radius 3 is 3.00 bits per heavy atom. The van der Waals surface area contributed by atoms with Crippen LogP contribution in [0.4, 0.5) is 0 Å². The quantitative estimate of drug-likeness (QED) is 0.548. The summed E-state index contributed by atoms with van der Waals surface area (Å²) in [7, 11) is 0. The van der Waals surface area contributed by atoms with Gasteiger partial charge in [0.15, 0.2) is 5.16 Å². The maximum atomic E-state index is 10.6. The fourth-order valence-corrected chi connectivity index (χ4v) is 2.44. The van der Waals surface area contributed by atoms with E-state index in [9.17, 15) is 4.79 Å². The molecule has 0 atom stereocenters. The molecule has 0 spiro atoms. The molecule has 0 aromatic carbocycles. The third kappa shape index (κ3) is 4.83. The van der Waals surface area contributed by atoms with Gasteiger partial charge in [0, 0.05) is 19.8 Å². The summed E-state index contributed by atoms with van der Waals surface area (Å²) in [5.74, 6) is 0.773. The second kappa shape index (κ2) is 6.91. The maximum absolute atomic E-state index is 10.6. The number of rotatable bonds is 9. The van der Waals surface area contributed by atoms with Crippen LogP contribution in [0, 0.1) is 12.8 Å². The van der Waals surface area contributed by atoms with Gasteiger partial charge in [0.05, 0.1) is 5.75 Å². The molecule has 0 aliphatic heterocycles. The summed E-state index contributed by atoms with van der Waals surface area (Å²) in [5.41, 5.74) is 0. The van der Waals surface area contributed by atoms with Gasteiger partial charge < -0.3 is 14.4 Å². The maximum Gasteiger partial charge on any atom is 0.313 e. The minimum absolute atomic E-state index is 0.0102. The van der Waals surface area contributed by atoms with Gasteiger partial charge in [0.1, 0.15) is 5.82 Å². The van der Waals surface area contributed by atoms with Crippen molar-refractivity contribution in [2.75, 3.05) is 19.0 Å². The molecular formula is C12H19N3O3S. The molecule has 0 radical (unpaired) electrons. The Hall–Kier alpha value is -1.08. The van der Waals surface area contributed by atoms with E-state index < -0.39 is 5.97 Å². The molecule has 0 bridgehead atoms. The number of nitrogens with zero attached hydrogens (tertiary/aromatic N) is 3. The largest absolute Gasteiger partial charge is 0.481 e. The molecule has 1 aliphatic rings. The summed E-state index contributed by atoms with van der Waals surface area (Å²) in [4.78, 5) is 10.6. The van der Waals surface area contributed by atoms with E-state index in [0.29, 0.717) is 5.16 Å². The smallest absolute Gasteiger partial charge is 0.313 e. The van der Waals surface area contributed by atoms with E-state index in [4.69, 9.17) is 9.84 Å². The summed E-state index contributed by atoms with van der Waals surface area (Å²) < 4.78 is 7.53. The zero-order chi connectivity index (χ0) is 13.7. The van der Waals surface area contributed by atoms with Crippen LogP contribution in [0.2, 0.25) is 0 Å². The highest BCUT2D eigenvalue weighted by Crippen LogP contribution is 2.28. The van der Waals surface area contributed by atoms with Gasteiger partial charge >= 0.3 is 5.97 Å². The lowest BCUT2D eigenvalue weighted by Gasteiger charge is -2.08. The molecular weight excluding hydrogens is 266 g/mol. The van der Waals surface area contributed by atoms with Crippen LogP contribution in [0.15, 0.2) is 5.16 Å². The molecule has 1 saturated carbocycles. The van der Waals surface area contributed by atoms with E-state index in [-0.39, 0.29) is 5.75 Å². The first-order valence-corrected chi connectivity index (χ1v) is 7.47. The number of aryl methyl sites for hydroxylation is 1. The molecule has 2 rings (SSSR count). The second-order valence-electron chi connectivity index (χ2n) is 4.74. The van der Waals surface area contributed by atoms with Crippen LogP contribution in [0.25, 0.3) is 0 Å². The number of carbonyl (C=O) groups is 1. The average Bonchev–Trinajstić information content (AvgIpc) is 3.12. The van der Waals surface area contributed by atoms with E-state index >= 15 is 0 Å². The Labute approximate surface area is 116 Å². The molecule has 1 heterocycles. The van der Waals surface area contributed by atoms with Crippen molar-refractivity contribution in [1.82, 2.24) is 14.8 Å². The number of hydrogen-bond acceptors (Lipinski definition) is 5. The normalized spacial score (nSPS) is 14.8. The van der Waals surface area contributed by atoms with Crippen molar-refractivity contribution in [1.29, 1.82) is 0 Å². The summed E-state index contributed by atoms with van der Waals surface area (Å²) in [5, 5.41) is 17.3. The molecule has 1 aromatic rings. The van der Waals surface area contributed by atoms with Gasteiger partial charge in [0.25, 0.3) is 0 Å². The van der Waals surface area contributed by atoms with Crippen molar-refractivity contribution in [2.24, 2.45) is 5.92 Å². The Kier molecular flexibility index (Phi) is 5.21. The number of hydrogen-bond donors (Lipinski definition) is 1. The van der Waals surface area contributed by atoms with Crippen LogP contribution in [-0.2, 0) is 16.1 Å². The van der Waals surface area contributed by atoms with Gasteiger partial charge in [-0.1, -0.05) is 11.8 Å². The summed E-state index contributed by atoms with van der Waals surface area (Å²) in [6, 6.07) is 0. The number of aliphatic carboxylic acids is 1. The standard InChI is InChI=1S/C12H19N3O3S/c1-9-13-14-12(19-8-11(16)17)15(9)5-2-6-18-7-10-3-4-10/h10H,2-8H2,1H3,(H,16,17). The second-order valence-corrected chi connectivity index (χ2v) is 5.68. The topological polar surface area (TPSA) is 77.2 Å². The van der Waals surface area contributed by atoms with E-state index in [0.717, 1.165) is 37.9 Å². The predicted molar refractivity (Wildman–Crippen MR) is 71.3 cm³/mol. The van der Waals surface area contributed by atoms with Gasteiger partial charge in [-0.05, 0) is 32.1 Å². The van der Waals surface area contributed by atoms with Gasteiger partial charge in [-0.3, -0.25) is 4.79 Å². The zero-order valence-corrected chi connectivity index (χ0v) is 11.9. The van der Waals surface area contributed by atoms with Gasteiger partial charge in [-0.2, -0.15) is 0 Å². The van der Waals surface area contributed by atoms with E-state index in [1.165, 1.54) is 24.6 Å². The number of aromatic nitrogens is 3. The van der Waals surface area contributed by atoms with Crippen LogP contribution in [0.1, 0.15) is 25.1 Å². The van der Waals surface area contributed by atoms with Crippen molar-refractivity contribution >= 4 is 17.7 Å². The molecule has 0 unspecified atom stereocenters. The average molecular weight is 285 g/mol. The summed E-state index contributed by atoms with van der Waals surface area (Å²) in [6.07, 6.45) is 3.51. The highest BCUT2D eigenvalue weighted by atomic mass is 32.2. The highest BCUT2D eigenvalue weighted by Gasteiger charge is 2.20. The minimum Gasteiger partial charge on any atom is -0.481 e. The lowest BCUT2D eigenvalue weighted by atomic mass is 10.4. The molecule has 19 heavy (non-hydrogen) atoms. The van der Waals surface area contributed by atoms with E-state index in [1.807, 2.05) is 11.5 Å². The minimum atomic E-state index is -0.843. The monoisotopic (exact) mass is 285 g/mol. The number of carboxylic acid groups (broad SMARTS) is 1. The fourth-order valence-electron chi connectivity index (χ4n) is 1.71. The van der Waals surface area contributed by atoms with E-state index in [1.54, 1.807) is 0 Å². The number of ether oxygens (including phenoxy) is 1. The van der Waals surface area contributed by atoms with Crippen molar-refractivity contribution in [3.05, 3.63) is 5.82 Å². The molecule has 0 saturated heterocycles. The lowest BCUT2D eigenvalue weighted by Crippen LogP contribution is -2.08. The van der Waals surface area contributed by atoms with Gasteiger partial charge in [0.2, 0.25) is 0 Å². The van der Waals surface area contributed by atoms with Crippen LogP contribution in [0.5, 0.6) is 0 Å². The van der Waals surface area contributed by atoms with Gasteiger partial charge in [-0.25, -0.2) is 0 Å². The molecule has 7 heteroatoms. The third-order valence-electron chi connectivity index (χ3n) is 2.95. The predicted octanol–water partition coefficient (Wildman–Crippen LogP) is 1.58. The third-order valence-corrected chi connectivity index (χ3v) is 3.90. The van der Waals surface area contributed by atoms with Gasteiger partial charge in [-0.15, -0.1) is 10.2 Å². The SMILES string of the molecule is Cc1nnc(SCC(=O)O)n1CCCOCC1CC1. The summed E-state index contributed by atoms with van der Waals surface area (Å²) >= 11 is 1.20. The molecule has 0 amide bonds. The van der Waals surface area contributed by atoms with Crippen molar-refractivity contribution in [2.45, 2.75) is 37.9 Å². The highest BCUT2D eigenvalue weighted by molar-refractivity contribution is 7.99. The van der Waals surface area contributed by atoms with Crippen molar-refractivity contribution in [3.8, 4) is 0 Å². The first-order valence-electron chi connectivity index (χ1n) is 6.49. The first kappa shape index (κ1) is 14.3. The molecule has 6 nitrogen and oxygen atoms in total. The Morgan fingerprint density at radius 1 is 1.53 bits per heavy atom. The first-order chi connectivity index (χ1) is 9.16. The van der Waals surface area contributed by atoms with E-state index in [2.05, 4.69) is 10.2 Å². The van der Waals surface area contributed by atoms with Crippen LogP contribution >= 0.6 is 11.8 Å². The number of carboxylic acids is 1. The summed E-state index contributed by atoms with van der Waals surface area (Å²) in [6.45, 7) is 4.26. The Bertz CT molecular complexity index is 432.